The van der Waals surface area contributed by atoms with Gasteiger partial charge in [0.1, 0.15) is 0 Å². The number of hydrogen-bond acceptors (Lipinski definition) is 3. The van der Waals surface area contributed by atoms with E-state index in [1.165, 1.54) is 5.56 Å². The molecule has 1 aromatic heterocycles. The average molecular weight is 314 g/mol. The molecule has 0 aliphatic rings. The van der Waals surface area contributed by atoms with Gasteiger partial charge in [0.2, 0.25) is 5.91 Å². The van der Waals surface area contributed by atoms with Crippen LogP contribution < -0.4 is 10.2 Å². The molecule has 0 spiro atoms. The highest BCUT2D eigenvalue weighted by atomic mass is 16.1. The zero-order valence-electron chi connectivity index (χ0n) is 14.6. The number of aromatic nitrogens is 2. The van der Waals surface area contributed by atoms with Crippen LogP contribution in [0.4, 0.5) is 5.69 Å². The Balaban J connectivity index is 1.87. The molecule has 0 fully saturated rings. The number of nitrogens with one attached hydrogen (secondary N) is 2. The van der Waals surface area contributed by atoms with E-state index >= 15 is 0 Å². The summed E-state index contributed by atoms with van der Waals surface area (Å²) < 4.78 is 0. The van der Waals surface area contributed by atoms with Gasteiger partial charge in [0.05, 0.1) is 11.7 Å². The minimum absolute atomic E-state index is 0.0302. The number of carbonyl (C=O) groups is 1. The molecule has 0 aliphatic heterocycles. The fourth-order valence-electron chi connectivity index (χ4n) is 2.80. The van der Waals surface area contributed by atoms with Crippen LogP contribution in [0.3, 0.4) is 0 Å². The number of aromatic amines is 1. The van der Waals surface area contributed by atoms with Gasteiger partial charge in [0.25, 0.3) is 0 Å². The Morgan fingerprint density at radius 1 is 1.26 bits per heavy atom. The zero-order chi connectivity index (χ0) is 17.0. The monoisotopic (exact) mass is 314 g/mol. The van der Waals surface area contributed by atoms with Crippen molar-refractivity contribution in [2.24, 2.45) is 0 Å². The molecule has 1 unspecified atom stereocenters. The van der Waals surface area contributed by atoms with E-state index in [1.54, 1.807) is 0 Å². The third kappa shape index (κ3) is 4.34. The Bertz CT molecular complexity index is 639. The normalized spacial score (nSPS) is 12.0. The van der Waals surface area contributed by atoms with Crippen molar-refractivity contribution in [2.75, 3.05) is 19.0 Å². The number of amides is 1. The Hall–Kier alpha value is -2.30. The fraction of sp³-hybridized carbons (Fsp3) is 0.444. The molecule has 5 nitrogen and oxygen atoms in total. The molecule has 23 heavy (non-hydrogen) atoms. The highest BCUT2D eigenvalue weighted by molar-refractivity contribution is 5.76. The van der Waals surface area contributed by atoms with Gasteiger partial charge in [-0.2, -0.15) is 5.10 Å². The highest BCUT2D eigenvalue weighted by Gasteiger charge is 2.16. The second-order valence-electron chi connectivity index (χ2n) is 6.20. The molecular formula is C18H26N4O. The SMILES string of the molecule is Cc1n[nH]c(C)c1C(C)NC(=O)CCc1ccc(N(C)C)cc1. The van der Waals surface area contributed by atoms with Crippen molar-refractivity contribution >= 4 is 11.6 Å². The van der Waals surface area contributed by atoms with E-state index in [9.17, 15) is 4.79 Å². The van der Waals surface area contributed by atoms with Gasteiger partial charge in [-0.3, -0.25) is 9.89 Å². The Labute approximate surface area is 138 Å². The highest BCUT2D eigenvalue weighted by Crippen LogP contribution is 2.19. The van der Waals surface area contributed by atoms with Crippen LogP contribution in [0.2, 0.25) is 0 Å². The lowest BCUT2D eigenvalue weighted by Gasteiger charge is -2.15. The molecule has 1 aromatic carbocycles. The molecule has 1 heterocycles. The van der Waals surface area contributed by atoms with E-state index in [0.29, 0.717) is 6.42 Å². The maximum absolute atomic E-state index is 12.2. The van der Waals surface area contributed by atoms with Gasteiger partial charge in [0, 0.05) is 37.5 Å². The predicted octanol–water partition coefficient (Wildman–Crippen LogP) is 2.90. The number of nitrogens with zero attached hydrogens (tertiary/aromatic N) is 2. The molecule has 5 heteroatoms. The summed E-state index contributed by atoms with van der Waals surface area (Å²) in [5, 5.41) is 10.2. The van der Waals surface area contributed by atoms with E-state index in [1.807, 2.05) is 34.9 Å². The summed E-state index contributed by atoms with van der Waals surface area (Å²) in [6, 6.07) is 8.28. The molecule has 0 bridgehead atoms. The average Bonchev–Trinajstić information content (AvgIpc) is 2.84. The summed E-state index contributed by atoms with van der Waals surface area (Å²) in [6.07, 6.45) is 1.23. The molecular weight excluding hydrogens is 288 g/mol. The molecule has 1 atom stereocenters. The van der Waals surface area contributed by atoms with Gasteiger partial charge in [-0.15, -0.1) is 0 Å². The van der Waals surface area contributed by atoms with E-state index in [-0.39, 0.29) is 11.9 Å². The number of carbonyl (C=O) groups excluding carboxylic acids is 1. The second-order valence-corrected chi connectivity index (χ2v) is 6.20. The van der Waals surface area contributed by atoms with E-state index in [2.05, 4.69) is 44.7 Å². The van der Waals surface area contributed by atoms with E-state index < -0.39 is 0 Å². The molecule has 0 saturated heterocycles. The standard InChI is InChI=1S/C18H26N4O/c1-12(18-13(2)20-21-14(18)3)19-17(23)11-8-15-6-9-16(10-7-15)22(4)5/h6-7,9-10,12H,8,11H2,1-5H3,(H,19,23)(H,20,21). The van der Waals surface area contributed by atoms with Crippen molar-refractivity contribution in [1.82, 2.24) is 15.5 Å². The minimum atomic E-state index is -0.0302. The van der Waals surface area contributed by atoms with Crippen LogP contribution in [0, 0.1) is 13.8 Å². The lowest BCUT2D eigenvalue weighted by Crippen LogP contribution is -2.27. The zero-order valence-corrected chi connectivity index (χ0v) is 14.6. The maximum Gasteiger partial charge on any atom is 0.220 e. The van der Waals surface area contributed by atoms with Crippen molar-refractivity contribution in [2.45, 2.75) is 39.7 Å². The summed E-state index contributed by atoms with van der Waals surface area (Å²) in [6.45, 7) is 5.92. The van der Waals surface area contributed by atoms with Crippen molar-refractivity contribution in [3.63, 3.8) is 0 Å². The summed E-state index contributed by atoms with van der Waals surface area (Å²) in [5.74, 6) is 0.0641. The summed E-state index contributed by atoms with van der Waals surface area (Å²) in [7, 11) is 4.04. The molecule has 1 amide bonds. The van der Waals surface area contributed by atoms with Crippen LogP contribution in [-0.2, 0) is 11.2 Å². The fourth-order valence-corrected chi connectivity index (χ4v) is 2.80. The lowest BCUT2D eigenvalue weighted by atomic mass is 10.1. The lowest BCUT2D eigenvalue weighted by molar-refractivity contribution is -0.121. The third-order valence-electron chi connectivity index (χ3n) is 4.09. The first-order valence-corrected chi connectivity index (χ1v) is 7.95. The van der Waals surface area contributed by atoms with Gasteiger partial charge in [0.15, 0.2) is 0 Å². The van der Waals surface area contributed by atoms with Crippen LogP contribution in [0.25, 0.3) is 0 Å². The van der Waals surface area contributed by atoms with Gasteiger partial charge < -0.3 is 10.2 Å². The first-order chi connectivity index (χ1) is 10.9. The quantitative estimate of drug-likeness (QED) is 0.862. The molecule has 2 rings (SSSR count). The number of benzene rings is 1. The number of anilines is 1. The topological polar surface area (TPSA) is 61.0 Å². The molecule has 0 saturated carbocycles. The van der Waals surface area contributed by atoms with Gasteiger partial charge in [-0.05, 0) is 44.9 Å². The van der Waals surface area contributed by atoms with Crippen molar-refractivity contribution in [1.29, 1.82) is 0 Å². The molecule has 124 valence electrons. The minimum Gasteiger partial charge on any atom is -0.378 e. The van der Waals surface area contributed by atoms with E-state index in [0.717, 1.165) is 29.1 Å². The Kier molecular flexibility index (Phi) is 5.42. The molecule has 0 aliphatic carbocycles. The number of rotatable bonds is 6. The van der Waals surface area contributed by atoms with Gasteiger partial charge >= 0.3 is 0 Å². The second kappa shape index (κ2) is 7.31. The Morgan fingerprint density at radius 2 is 1.91 bits per heavy atom. The molecule has 0 radical (unpaired) electrons. The van der Waals surface area contributed by atoms with Gasteiger partial charge in [-0.1, -0.05) is 12.1 Å². The number of hydrogen-bond donors (Lipinski definition) is 2. The van der Waals surface area contributed by atoms with Crippen LogP contribution in [-0.4, -0.2) is 30.2 Å². The first kappa shape index (κ1) is 17.1. The number of aryl methyl sites for hydroxylation is 3. The predicted molar refractivity (Wildman–Crippen MR) is 93.7 cm³/mol. The molecule has 2 N–H and O–H groups in total. The van der Waals surface area contributed by atoms with Crippen LogP contribution in [0.5, 0.6) is 0 Å². The van der Waals surface area contributed by atoms with Gasteiger partial charge in [-0.25, -0.2) is 0 Å². The third-order valence-corrected chi connectivity index (χ3v) is 4.09. The van der Waals surface area contributed by atoms with Crippen molar-refractivity contribution < 1.29 is 4.79 Å². The smallest absolute Gasteiger partial charge is 0.220 e. The van der Waals surface area contributed by atoms with Crippen LogP contribution in [0.1, 0.15) is 41.9 Å². The Morgan fingerprint density at radius 3 is 2.43 bits per heavy atom. The van der Waals surface area contributed by atoms with Crippen LogP contribution >= 0.6 is 0 Å². The summed E-state index contributed by atoms with van der Waals surface area (Å²) in [5.41, 5.74) is 5.37. The first-order valence-electron chi connectivity index (χ1n) is 7.95. The van der Waals surface area contributed by atoms with Crippen LogP contribution in [0.15, 0.2) is 24.3 Å². The van der Waals surface area contributed by atoms with Crippen molar-refractivity contribution in [3.8, 4) is 0 Å². The number of H-pyrrole nitrogens is 1. The maximum atomic E-state index is 12.2. The summed E-state index contributed by atoms with van der Waals surface area (Å²) >= 11 is 0. The van der Waals surface area contributed by atoms with Crippen molar-refractivity contribution in [3.05, 3.63) is 46.8 Å². The van der Waals surface area contributed by atoms with E-state index in [4.69, 9.17) is 0 Å². The molecule has 2 aromatic rings. The largest absolute Gasteiger partial charge is 0.378 e. The summed E-state index contributed by atoms with van der Waals surface area (Å²) in [4.78, 5) is 14.2.